The number of halogens is 1. The molecule has 1 N–H and O–H groups in total. The van der Waals surface area contributed by atoms with E-state index in [1.54, 1.807) is 11.3 Å². The van der Waals surface area contributed by atoms with Gasteiger partial charge in [-0.15, -0.1) is 0 Å². The van der Waals surface area contributed by atoms with Crippen molar-refractivity contribution in [1.29, 1.82) is 0 Å². The zero-order valence-electron chi connectivity index (χ0n) is 10.4. The summed E-state index contributed by atoms with van der Waals surface area (Å²) in [5.74, 6) is 0. The maximum atomic E-state index is 6.13. The lowest BCUT2D eigenvalue weighted by molar-refractivity contribution is 0.637. The van der Waals surface area contributed by atoms with Crippen molar-refractivity contribution in [2.45, 2.75) is 13.5 Å². The lowest BCUT2D eigenvalue weighted by Crippen LogP contribution is -2.10. The highest BCUT2D eigenvalue weighted by molar-refractivity contribution is 7.22. The molecule has 2 heterocycles. The second kappa shape index (κ2) is 5.19. The van der Waals surface area contributed by atoms with Gasteiger partial charge in [0.25, 0.3) is 0 Å². The number of hydrogen-bond acceptors (Lipinski definition) is 4. The van der Waals surface area contributed by atoms with E-state index in [0.29, 0.717) is 0 Å². The van der Waals surface area contributed by atoms with Crippen LogP contribution in [-0.2, 0) is 6.54 Å². The molecule has 0 amide bonds. The summed E-state index contributed by atoms with van der Waals surface area (Å²) in [5, 5.41) is 9.20. The van der Waals surface area contributed by atoms with Crippen molar-refractivity contribution in [3.63, 3.8) is 0 Å². The van der Waals surface area contributed by atoms with Crippen LogP contribution in [0.3, 0.4) is 0 Å². The van der Waals surface area contributed by atoms with Crippen molar-refractivity contribution < 1.29 is 0 Å². The van der Waals surface area contributed by atoms with E-state index in [1.165, 1.54) is 5.56 Å². The maximum absolute atomic E-state index is 6.13. The minimum Gasteiger partial charge on any atom is -0.360 e. The number of nitrogens with zero attached hydrogens (tertiary/aromatic N) is 3. The largest absolute Gasteiger partial charge is 0.360 e. The number of fused-ring (bicyclic) bond motifs is 1. The van der Waals surface area contributed by atoms with Gasteiger partial charge < -0.3 is 5.32 Å². The van der Waals surface area contributed by atoms with Gasteiger partial charge in [-0.3, -0.25) is 4.68 Å². The minimum atomic E-state index is 0.755. The Labute approximate surface area is 120 Å². The molecule has 1 aromatic carbocycles. The first-order valence-electron chi connectivity index (χ1n) is 6.00. The second-order valence-corrected chi connectivity index (χ2v) is 5.72. The van der Waals surface area contributed by atoms with Crippen LogP contribution in [0.4, 0.5) is 5.13 Å². The number of anilines is 1. The average Bonchev–Trinajstić information content (AvgIpc) is 2.97. The third-order valence-electron chi connectivity index (χ3n) is 2.75. The Morgan fingerprint density at radius 3 is 3.05 bits per heavy atom. The van der Waals surface area contributed by atoms with Gasteiger partial charge in [0, 0.05) is 12.7 Å². The molecule has 19 heavy (non-hydrogen) atoms. The molecule has 0 aliphatic carbocycles. The SMILES string of the molecule is Cc1cnn(CCNc2nc3cccc(Cl)c3s2)c1. The van der Waals surface area contributed by atoms with Crippen molar-refractivity contribution in [1.82, 2.24) is 14.8 Å². The van der Waals surface area contributed by atoms with Crippen LogP contribution in [0, 0.1) is 6.92 Å². The summed E-state index contributed by atoms with van der Waals surface area (Å²) >= 11 is 7.71. The molecule has 0 unspecified atom stereocenters. The summed E-state index contributed by atoms with van der Waals surface area (Å²) in [6.45, 7) is 3.64. The van der Waals surface area contributed by atoms with Crippen molar-refractivity contribution in [2.75, 3.05) is 11.9 Å². The van der Waals surface area contributed by atoms with Crippen LogP contribution in [0.5, 0.6) is 0 Å². The molecule has 0 spiro atoms. The fraction of sp³-hybridized carbons (Fsp3) is 0.231. The van der Waals surface area contributed by atoms with Crippen molar-refractivity contribution in [3.8, 4) is 0 Å². The van der Waals surface area contributed by atoms with Crippen molar-refractivity contribution in [2.24, 2.45) is 0 Å². The number of rotatable bonds is 4. The summed E-state index contributed by atoms with van der Waals surface area (Å²) in [6.07, 6.45) is 3.88. The molecule has 0 bridgehead atoms. The normalized spacial score (nSPS) is 11.1. The summed E-state index contributed by atoms with van der Waals surface area (Å²) in [5.41, 5.74) is 2.11. The molecule has 0 atom stereocenters. The summed E-state index contributed by atoms with van der Waals surface area (Å²) in [4.78, 5) is 4.50. The summed E-state index contributed by atoms with van der Waals surface area (Å²) in [6, 6.07) is 5.78. The van der Waals surface area contributed by atoms with Gasteiger partial charge >= 0.3 is 0 Å². The molecule has 0 saturated heterocycles. The molecular weight excluding hydrogens is 280 g/mol. The Kier molecular flexibility index (Phi) is 3.40. The molecule has 6 heteroatoms. The molecule has 2 aromatic heterocycles. The van der Waals surface area contributed by atoms with Gasteiger partial charge in [-0.2, -0.15) is 5.10 Å². The minimum absolute atomic E-state index is 0.755. The highest BCUT2D eigenvalue weighted by Crippen LogP contribution is 2.31. The topological polar surface area (TPSA) is 42.7 Å². The first kappa shape index (κ1) is 12.4. The van der Waals surface area contributed by atoms with Crippen LogP contribution in [-0.4, -0.2) is 21.3 Å². The zero-order valence-corrected chi connectivity index (χ0v) is 12.0. The smallest absolute Gasteiger partial charge is 0.183 e. The Morgan fingerprint density at radius 1 is 1.42 bits per heavy atom. The Balaban J connectivity index is 1.67. The van der Waals surface area contributed by atoms with Crippen LogP contribution in [0.15, 0.2) is 30.6 Å². The Bertz CT molecular complexity index is 704. The van der Waals surface area contributed by atoms with Gasteiger partial charge in [0.1, 0.15) is 0 Å². The van der Waals surface area contributed by atoms with E-state index >= 15 is 0 Å². The fourth-order valence-electron chi connectivity index (χ4n) is 1.86. The zero-order chi connectivity index (χ0) is 13.2. The summed E-state index contributed by atoms with van der Waals surface area (Å²) in [7, 11) is 0. The first-order valence-corrected chi connectivity index (χ1v) is 7.20. The highest BCUT2D eigenvalue weighted by Gasteiger charge is 2.06. The van der Waals surface area contributed by atoms with Crippen LogP contribution in [0.25, 0.3) is 10.2 Å². The molecule has 98 valence electrons. The summed E-state index contributed by atoms with van der Waals surface area (Å²) < 4.78 is 2.95. The quantitative estimate of drug-likeness (QED) is 0.799. The van der Waals surface area contributed by atoms with E-state index in [2.05, 4.69) is 15.4 Å². The molecule has 3 rings (SSSR count). The number of thiazole rings is 1. The van der Waals surface area contributed by atoms with Crippen LogP contribution in [0.2, 0.25) is 5.02 Å². The number of aryl methyl sites for hydroxylation is 1. The second-order valence-electron chi connectivity index (χ2n) is 4.31. The molecule has 3 aromatic rings. The lowest BCUT2D eigenvalue weighted by Gasteiger charge is -2.02. The Hall–Kier alpha value is -1.59. The van der Waals surface area contributed by atoms with Gasteiger partial charge in [-0.05, 0) is 24.6 Å². The van der Waals surface area contributed by atoms with Crippen LogP contribution < -0.4 is 5.32 Å². The number of benzene rings is 1. The van der Waals surface area contributed by atoms with E-state index in [-0.39, 0.29) is 0 Å². The predicted octanol–water partition coefficient (Wildman–Crippen LogP) is 3.57. The number of hydrogen-bond donors (Lipinski definition) is 1. The van der Waals surface area contributed by atoms with Gasteiger partial charge in [0.05, 0.1) is 28.0 Å². The van der Waals surface area contributed by atoms with Gasteiger partial charge in [0.15, 0.2) is 5.13 Å². The van der Waals surface area contributed by atoms with Gasteiger partial charge in [0.2, 0.25) is 0 Å². The molecular formula is C13H13ClN4S. The molecule has 0 aliphatic rings. The molecule has 4 nitrogen and oxygen atoms in total. The van der Waals surface area contributed by atoms with E-state index in [0.717, 1.165) is 33.5 Å². The van der Waals surface area contributed by atoms with E-state index in [9.17, 15) is 0 Å². The number of aromatic nitrogens is 3. The van der Waals surface area contributed by atoms with Gasteiger partial charge in [-0.1, -0.05) is 29.0 Å². The van der Waals surface area contributed by atoms with Gasteiger partial charge in [-0.25, -0.2) is 4.98 Å². The third-order valence-corrected chi connectivity index (χ3v) is 4.24. The van der Waals surface area contributed by atoms with Crippen molar-refractivity contribution in [3.05, 3.63) is 41.2 Å². The maximum Gasteiger partial charge on any atom is 0.183 e. The lowest BCUT2D eigenvalue weighted by atomic mass is 10.3. The highest BCUT2D eigenvalue weighted by atomic mass is 35.5. The molecule has 0 saturated carbocycles. The fourth-order valence-corrected chi connectivity index (χ4v) is 3.04. The van der Waals surface area contributed by atoms with E-state index in [1.807, 2.05) is 42.2 Å². The predicted molar refractivity (Wildman–Crippen MR) is 80.1 cm³/mol. The van der Waals surface area contributed by atoms with Crippen LogP contribution in [0.1, 0.15) is 5.56 Å². The van der Waals surface area contributed by atoms with E-state index < -0.39 is 0 Å². The first-order chi connectivity index (χ1) is 9.22. The Morgan fingerprint density at radius 2 is 2.32 bits per heavy atom. The average molecular weight is 293 g/mol. The molecule has 0 aliphatic heterocycles. The molecule has 0 fully saturated rings. The van der Waals surface area contributed by atoms with E-state index in [4.69, 9.17) is 11.6 Å². The molecule has 0 radical (unpaired) electrons. The van der Waals surface area contributed by atoms with Crippen LogP contribution >= 0.6 is 22.9 Å². The monoisotopic (exact) mass is 292 g/mol. The standard InChI is InChI=1S/C13H13ClN4S/c1-9-7-16-18(8-9)6-5-15-13-17-11-4-2-3-10(14)12(11)19-13/h2-4,7-8H,5-6H2,1H3,(H,15,17). The van der Waals surface area contributed by atoms with Crippen molar-refractivity contribution >= 4 is 38.3 Å². The third kappa shape index (κ3) is 2.72. The number of nitrogens with one attached hydrogen (secondary N) is 1.